The number of carbonyl (C=O) groups excluding carboxylic acids is 2. The quantitative estimate of drug-likeness (QED) is 0.473. The monoisotopic (exact) mass is 559 g/mol. The molecule has 1 saturated heterocycles. The summed E-state index contributed by atoms with van der Waals surface area (Å²) in [7, 11) is -1.89. The molecule has 2 fully saturated rings. The molecule has 1 saturated carbocycles. The molecule has 1 aromatic carbocycles. The van der Waals surface area contributed by atoms with Gasteiger partial charge in [0.1, 0.15) is 11.4 Å². The maximum absolute atomic E-state index is 13.3. The van der Waals surface area contributed by atoms with Gasteiger partial charge in [-0.2, -0.15) is 0 Å². The van der Waals surface area contributed by atoms with Crippen molar-refractivity contribution in [1.29, 1.82) is 0 Å². The van der Waals surface area contributed by atoms with Gasteiger partial charge in [-0.05, 0) is 80.7 Å². The number of nitrogens with zero attached hydrogens (tertiary/aromatic N) is 3. The van der Waals surface area contributed by atoms with Crippen LogP contribution in [0.25, 0.3) is 0 Å². The zero-order chi connectivity index (χ0) is 28.4. The summed E-state index contributed by atoms with van der Waals surface area (Å²) < 4.78 is 28.1. The highest BCUT2D eigenvalue weighted by Gasteiger charge is 2.48. The van der Waals surface area contributed by atoms with Crippen LogP contribution in [0, 0.1) is 25.7 Å². The summed E-state index contributed by atoms with van der Waals surface area (Å²) in [5, 5.41) is 3.10. The fourth-order valence-electron chi connectivity index (χ4n) is 6.55. The van der Waals surface area contributed by atoms with E-state index in [1.54, 1.807) is 7.05 Å². The Morgan fingerprint density at radius 3 is 2.49 bits per heavy atom. The van der Waals surface area contributed by atoms with E-state index in [0.717, 1.165) is 35.4 Å². The maximum Gasteiger partial charge on any atom is 0.318 e. The average molecular weight is 560 g/mol. The third-order valence-corrected chi connectivity index (χ3v) is 11.0. The molecule has 1 spiro atoms. The number of sulfonamides is 1. The average Bonchev–Trinajstić information content (AvgIpc) is 3.21. The number of primary amides is 1. The van der Waals surface area contributed by atoms with E-state index in [1.807, 2.05) is 26.0 Å². The fourth-order valence-corrected chi connectivity index (χ4v) is 8.01. The smallest absolute Gasteiger partial charge is 0.318 e. The fraction of sp³-hybridized carbons (Fsp3) is 0.690. The second-order valence-electron chi connectivity index (χ2n) is 11.8. The molecule has 2 unspecified atom stereocenters. The van der Waals surface area contributed by atoms with Crippen molar-refractivity contribution in [3.63, 3.8) is 0 Å². The number of benzene rings is 1. The van der Waals surface area contributed by atoms with Gasteiger partial charge in [-0.15, -0.1) is 0 Å². The normalized spacial score (nSPS) is 23.5. The third-order valence-electron chi connectivity index (χ3n) is 9.09. The molecule has 39 heavy (non-hydrogen) atoms. The first-order valence-corrected chi connectivity index (χ1v) is 16.1. The number of aliphatic imine (C=N–C) groups is 1. The number of urea groups is 1. The lowest BCUT2D eigenvalue weighted by molar-refractivity contribution is -0.125. The number of hydrogen-bond acceptors (Lipinski definition) is 5. The van der Waals surface area contributed by atoms with Crippen LogP contribution in [-0.2, 0) is 21.2 Å². The number of carbonyl (C=O) groups is 2. The summed E-state index contributed by atoms with van der Waals surface area (Å²) in [6, 6.07) is 3.17. The molecular formula is C29H45N5O4S. The van der Waals surface area contributed by atoms with Crippen molar-refractivity contribution in [3.05, 3.63) is 28.8 Å². The third kappa shape index (κ3) is 6.48. The highest BCUT2D eigenvalue weighted by atomic mass is 32.2. The number of amides is 3. The molecule has 2 aliphatic heterocycles. The van der Waals surface area contributed by atoms with E-state index in [4.69, 9.17) is 10.7 Å². The van der Waals surface area contributed by atoms with Crippen LogP contribution in [0.1, 0.15) is 81.4 Å². The minimum Gasteiger partial charge on any atom is -0.351 e. The van der Waals surface area contributed by atoms with Crippen molar-refractivity contribution >= 4 is 33.5 Å². The van der Waals surface area contributed by atoms with Gasteiger partial charge in [0, 0.05) is 31.7 Å². The Kier molecular flexibility index (Phi) is 9.05. The molecule has 2 heterocycles. The molecular weight excluding hydrogens is 514 g/mol. The van der Waals surface area contributed by atoms with Crippen LogP contribution in [0.4, 0.5) is 10.5 Å². The Hall–Kier alpha value is -2.46. The van der Waals surface area contributed by atoms with Crippen LogP contribution < -0.4 is 16.0 Å². The van der Waals surface area contributed by atoms with E-state index in [2.05, 4.69) is 12.2 Å². The molecule has 0 radical (unpaired) electrons. The molecule has 9 nitrogen and oxygen atoms in total. The first-order valence-electron chi connectivity index (χ1n) is 14.5. The number of hydrogen-bond donors (Lipinski definition) is 2. The second kappa shape index (κ2) is 12.0. The van der Waals surface area contributed by atoms with E-state index in [-0.39, 0.29) is 11.7 Å². The van der Waals surface area contributed by atoms with Crippen LogP contribution in [0.5, 0.6) is 0 Å². The van der Waals surface area contributed by atoms with Crippen LogP contribution >= 0.6 is 0 Å². The van der Waals surface area contributed by atoms with Gasteiger partial charge >= 0.3 is 6.03 Å². The molecule has 10 heteroatoms. The van der Waals surface area contributed by atoms with Gasteiger partial charge < -0.3 is 11.1 Å². The Morgan fingerprint density at radius 1 is 1.21 bits per heavy atom. The summed E-state index contributed by atoms with van der Waals surface area (Å²) in [5.74, 6) is 1.80. The van der Waals surface area contributed by atoms with Gasteiger partial charge in [-0.3, -0.25) is 14.7 Å². The van der Waals surface area contributed by atoms with Gasteiger partial charge in [-0.1, -0.05) is 39.0 Å². The Morgan fingerprint density at radius 2 is 1.87 bits per heavy atom. The Balaban J connectivity index is 1.37. The summed E-state index contributed by atoms with van der Waals surface area (Å²) in [6.45, 7) is 6.67. The molecule has 1 aromatic rings. The topological polar surface area (TPSA) is 125 Å². The lowest BCUT2D eigenvalue weighted by Crippen LogP contribution is -2.51. The Bertz CT molecular complexity index is 1200. The lowest BCUT2D eigenvalue weighted by atomic mass is 9.78. The van der Waals surface area contributed by atoms with Crippen molar-refractivity contribution in [2.24, 2.45) is 22.6 Å². The van der Waals surface area contributed by atoms with Gasteiger partial charge in [-0.25, -0.2) is 17.5 Å². The number of nitrogens with one attached hydrogen (secondary N) is 1. The second-order valence-corrected chi connectivity index (χ2v) is 13.9. The van der Waals surface area contributed by atoms with E-state index in [0.29, 0.717) is 49.9 Å². The van der Waals surface area contributed by atoms with Gasteiger partial charge in [0.25, 0.3) is 5.91 Å². The van der Waals surface area contributed by atoms with E-state index in [9.17, 15) is 18.0 Å². The number of amidine groups is 1. The van der Waals surface area contributed by atoms with Crippen molar-refractivity contribution in [2.75, 3.05) is 30.8 Å². The molecule has 3 aliphatic rings. The predicted molar refractivity (Wildman–Crippen MR) is 155 cm³/mol. The molecule has 216 valence electrons. The molecule has 2 atom stereocenters. The number of unbranched alkanes of at least 4 members (excludes halogenated alkanes) is 1. The first kappa shape index (κ1) is 29.5. The summed E-state index contributed by atoms with van der Waals surface area (Å²) in [5.41, 5.74) is 8.06. The van der Waals surface area contributed by atoms with Crippen LogP contribution in [-0.4, -0.2) is 61.9 Å². The zero-order valence-electron chi connectivity index (χ0n) is 24.0. The minimum absolute atomic E-state index is 0.00534. The van der Waals surface area contributed by atoms with Crippen LogP contribution in [0.2, 0.25) is 0 Å². The summed E-state index contributed by atoms with van der Waals surface area (Å²) in [4.78, 5) is 31.0. The summed E-state index contributed by atoms with van der Waals surface area (Å²) in [6.07, 6.45) is 9.53. The van der Waals surface area contributed by atoms with Crippen molar-refractivity contribution < 1.29 is 18.0 Å². The lowest BCUT2D eigenvalue weighted by Gasteiger charge is -2.35. The van der Waals surface area contributed by atoms with Gasteiger partial charge in [0.05, 0.1) is 5.75 Å². The zero-order valence-corrected chi connectivity index (χ0v) is 24.8. The highest BCUT2D eigenvalue weighted by molar-refractivity contribution is 7.89. The summed E-state index contributed by atoms with van der Waals surface area (Å²) >= 11 is 0. The standard InChI is InChI=1S/C29H45N5O4S/c1-5-6-8-22-9-7-10-23(19-22)26-31-27(35)29(32-26)12-14-34(15-13-29)39(37,38)16-11-25-20(2)17-24(18-21(25)3)33(4)28(30)36/h17-18,22-23H,5-16,19H2,1-4H3,(H2,30,36)(H,31,32,35). The first-order chi connectivity index (χ1) is 18.5. The highest BCUT2D eigenvalue weighted by Crippen LogP contribution is 2.37. The van der Waals surface area contributed by atoms with Crippen LogP contribution in [0.3, 0.4) is 0 Å². The molecule has 1 aliphatic carbocycles. The van der Waals surface area contributed by atoms with Crippen LogP contribution in [0.15, 0.2) is 17.1 Å². The maximum atomic E-state index is 13.3. The molecule has 3 N–H and O–H groups in total. The van der Waals surface area contributed by atoms with E-state index >= 15 is 0 Å². The van der Waals surface area contributed by atoms with Gasteiger partial charge in [0.2, 0.25) is 10.0 Å². The minimum atomic E-state index is -3.50. The SMILES string of the molecule is CCCCC1CCCC(C2=NC3(CCN(S(=O)(=O)CCc4c(C)cc(N(C)C(N)=O)cc4C)CC3)C(=O)N2)C1. The number of aryl methyl sites for hydroxylation is 2. The predicted octanol–water partition coefficient (Wildman–Crippen LogP) is 4.05. The molecule has 4 rings (SSSR count). The number of anilines is 1. The molecule has 3 amide bonds. The van der Waals surface area contributed by atoms with Gasteiger partial charge in [0.15, 0.2) is 0 Å². The Labute approximate surface area is 233 Å². The van der Waals surface area contributed by atoms with E-state index < -0.39 is 21.6 Å². The van der Waals surface area contributed by atoms with E-state index in [1.165, 1.54) is 41.3 Å². The largest absolute Gasteiger partial charge is 0.351 e. The van der Waals surface area contributed by atoms with Crippen molar-refractivity contribution in [2.45, 2.75) is 90.5 Å². The van der Waals surface area contributed by atoms with Crippen molar-refractivity contribution in [3.8, 4) is 0 Å². The molecule has 0 bridgehead atoms. The number of rotatable bonds is 9. The van der Waals surface area contributed by atoms with Crippen molar-refractivity contribution in [1.82, 2.24) is 9.62 Å². The molecule has 0 aromatic heterocycles. The number of nitrogens with two attached hydrogens (primary N) is 1. The number of piperidine rings is 1.